The van der Waals surface area contributed by atoms with E-state index in [9.17, 15) is 4.79 Å². The third-order valence-corrected chi connectivity index (χ3v) is 3.02. The lowest BCUT2D eigenvalue weighted by Crippen LogP contribution is -2.36. The third kappa shape index (κ3) is 2.88. The molecule has 0 spiro atoms. The van der Waals surface area contributed by atoms with Crippen molar-refractivity contribution in [3.63, 3.8) is 0 Å². The Morgan fingerprint density at radius 1 is 1.32 bits per heavy atom. The Bertz CT molecular complexity index is 597. The van der Waals surface area contributed by atoms with Crippen molar-refractivity contribution in [1.29, 1.82) is 0 Å². The van der Waals surface area contributed by atoms with E-state index in [0.29, 0.717) is 17.3 Å². The standard InChI is InChI=1S/C14H16N4O/c1-9-8-13(17-14(15)18(9)3)16-12-6-4-11(5-7-12)10(2)19/h4-8H,1-3H3,(H2,15,16,17,19)/p+1. The molecule has 2 aromatic rings. The summed E-state index contributed by atoms with van der Waals surface area (Å²) in [7, 11) is 1.86. The Morgan fingerprint density at radius 2 is 1.95 bits per heavy atom. The number of benzene rings is 1. The van der Waals surface area contributed by atoms with Crippen LogP contribution >= 0.6 is 0 Å². The molecule has 0 fully saturated rings. The Labute approximate surface area is 112 Å². The average Bonchev–Trinajstić information content (AvgIpc) is 2.36. The lowest BCUT2D eigenvalue weighted by atomic mass is 10.1. The van der Waals surface area contributed by atoms with Crippen LogP contribution in [0, 0.1) is 6.92 Å². The van der Waals surface area contributed by atoms with Crippen LogP contribution in [0.3, 0.4) is 0 Å². The maximum atomic E-state index is 11.2. The Balaban J connectivity index is 2.24. The predicted molar refractivity (Wildman–Crippen MR) is 74.3 cm³/mol. The summed E-state index contributed by atoms with van der Waals surface area (Å²) in [4.78, 5) is 15.4. The molecule has 0 saturated carbocycles. The highest BCUT2D eigenvalue weighted by atomic mass is 16.1. The molecule has 5 nitrogen and oxygen atoms in total. The zero-order chi connectivity index (χ0) is 14.0. The van der Waals surface area contributed by atoms with Crippen LogP contribution in [0.25, 0.3) is 0 Å². The third-order valence-electron chi connectivity index (χ3n) is 3.02. The van der Waals surface area contributed by atoms with Crippen molar-refractivity contribution in [2.45, 2.75) is 13.8 Å². The molecular weight excluding hydrogens is 240 g/mol. The van der Waals surface area contributed by atoms with E-state index in [1.807, 2.05) is 36.7 Å². The summed E-state index contributed by atoms with van der Waals surface area (Å²) < 4.78 is 1.81. The Morgan fingerprint density at radius 3 is 2.47 bits per heavy atom. The lowest BCUT2D eigenvalue weighted by molar-refractivity contribution is -0.665. The van der Waals surface area contributed by atoms with Crippen molar-refractivity contribution in [3.05, 3.63) is 41.6 Å². The number of hydrogen-bond acceptors (Lipinski definition) is 4. The summed E-state index contributed by atoms with van der Waals surface area (Å²) >= 11 is 0. The minimum Gasteiger partial charge on any atom is -0.326 e. The maximum absolute atomic E-state index is 11.2. The van der Waals surface area contributed by atoms with E-state index in [1.54, 1.807) is 19.1 Å². The van der Waals surface area contributed by atoms with Gasteiger partial charge in [-0.15, -0.1) is 0 Å². The van der Waals surface area contributed by atoms with Gasteiger partial charge in [-0.1, -0.05) is 4.98 Å². The monoisotopic (exact) mass is 257 g/mol. The van der Waals surface area contributed by atoms with Crippen molar-refractivity contribution < 1.29 is 9.36 Å². The van der Waals surface area contributed by atoms with E-state index in [2.05, 4.69) is 10.3 Å². The molecule has 1 heterocycles. The van der Waals surface area contributed by atoms with E-state index in [4.69, 9.17) is 5.73 Å². The van der Waals surface area contributed by atoms with E-state index in [0.717, 1.165) is 11.4 Å². The molecule has 2 rings (SSSR count). The molecule has 0 amide bonds. The fourth-order valence-corrected chi connectivity index (χ4v) is 1.71. The van der Waals surface area contributed by atoms with Gasteiger partial charge < -0.3 is 5.32 Å². The largest absolute Gasteiger partial charge is 0.391 e. The van der Waals surface area contributed by atoms with Crippen LogP contribution in [0.1, 0.15) is 23.0 Å². The van der Waals surface area contributed by atoms with E-state index in [1.165, 1.54) is 0 Å². The molecule has 5 heteroatoms. The SMILES string of the molecule is CC(=O)c1ccc(Nc2cc(C)[n+](C)c(N)n2)cc1. The fraction of sp³-hybridized carbons (Fsp3) is 0.214. The number of aryl methyl sites for hydroxylation is 1. The molecule has 0 radical (unpaired) electrons. The molecule has 0 aliphatic rings. The second kappa shape index (κ2) is 5.06. The predicted octanol–water partition coefficient (Wildman–Crippen LogP) is 1.74. The fourth-order valence-electron chi connectivity index (χ4n) is 1.71. The van der Waals surface area contributed by atoms with E-state index < -0.39 is 0 Å². The van der Waals surface area contributed by atoms with Crippen molar-refractivity contribution in [1.82, 2.24) is 4.98 Å². The summed E-state index contributed by atoms with van der Waals surface area (Å²) in [5.41, 5.74) is 8.37. The molecular formula is C14H17N4O+. The number of anilines is 3. The number of nitrogen functional groups attached to an aromatic ring is 1. The molecule has 3 N–H and O–H groups in total. The first-order valence-corrected chi connectivity index (χ1v) is 5.98. The van der Waals surface area contributed by atoms with Gasteiger partial charge in [-0.2, -0.15) is 0 Å². The summed E-state index contributed by atoms with van der Waals surface area (Å²) in [5, 5.41) is 3.16. The van der Waals surface area contributed by atoms with E-state index in [-0.39, 0.29) is 5.78 Å². The minimum absolute atomic E-state index is 0.0523. The van der Waals surface area contributed by atoms with Gasteiger partial charge in [0.15, 0.2) is 5.78 Å². The van der Waals surface area contributed by atoms with Gasteiger partial charge in [0.1, 0.15) is 0 Å². The van der Waals surface area contributed by atoms with Crippen molar-refractivity contribution >= 4 is 23.2 Å². The topological polar surface area (TPSA) is 71.9 Å². The smallest absolute Gasteiger partial charge is 0.326 e. The quantitative estimate of drug-likeness (QED) is 0.649. The summed E-state index contributed by atoms with van der Waals surface area (Å²) in [5.74, 6) is 1.18. The van der Waals surface area contributed by atoms with Gasteiger partial charge in [0.25, 0.3) is 0 Å². The Hall–Kier alpha value is -2.43. The molecule has 19 heavy (non-hydrogen) atoms. The van der Waals surface area contributed by atoms with Crippen LogP contribution < -0.4 is 15.6 Å². The van der Waals surface area contributed by atoms with Crippen LogP contribution in [0.2, 0.25) is 0 Å². The number of hydrogen-bond donors (Lipinski definition) is 2. The summed E-state index contributed by atoms with van der Waals surface area (Å²) in [6.07, 6.45) is 0. The first-order chi connectivity index (χ1) is 8.97. The van der Waals surface area contributed by atoms with Crippen molar-refractivity contribution in [2.24, 2.45) is 7.05 Å². The number of nitrogens with zero attached hydrogens (tertiary/aromatic N) is 2. The van der Waals surface area contributed by atoms with Gasteiger partial charge >= 0.3 is 5.95 Å². The number of ketones is 1. The number of aromatic nitrogens is 2. The van der Waals surface area contributed by atoms with Crippen LogP contribution in [0.4, 0.5) is 17.5 Å². The minimum atomic E-state index is 0.0523. The normalized spacial score (nSPS) is 10.3. The highest BCUT2D eigenvalue weighted by molar-refractivity contribution is 5.94. The van der Waals surface area contributed by atoms with Gasteiger partial charge in [-0.05, 0) is 38.1 Å². The summed E-state index contributed by atoms with van der Waals surface area (Å²) in [6.45, 7) is 3.51. The molecule has 0 unspecified atom stereocenters. The molecule has 1 aromatic carbocycles. The van der Waals surface area contributed by atoms with Crippen molar-refractivity contribution in [2.75, 3.05) is 11.1 Å². The lowest BCUT2D eigenvalue weighted by Gasteiger charge is -2.06. The van der Waals surface area contributed by atoms with Gasteiger partial charge in [-0.3, -0.25) is 10.5 Å². The molecule has 0 bridgehead atoms. The highest BCUT2D eigenvalue weighted by Gasteiger charge is 2.10. The molecule has 0 saturated heterocycles. The zero-order valence-electron chi connectivity index (χ0n) is 11.3. The molecule has 0 aliphatic heterocycles. The number of nitrogens with two attached hydrogens (primary N) is 1. The second-order valence-electron chi connectivity index (χ2n) is 4.46. The van der Waals surface area contributed by atoms with Crippen LogP contribution in [-0.2, 0) is 7.05 Å². The number of rotatable bonds is 3. The number of carbonyl (C=O) groups is 1. The van der Waals surface area contributed by atoms with Crippen LogP contribution in [-0.4, -0.2) is 10.8 Å². The van der Waals surface area contributed by atoms with Crippen LogP contribution in [0.15, 0.2) is 30.3 Å². The van der Waals surface area contributed by atoms with Gasteiger partial charge in [-0.25, -0.2) is 4.57 Å². The molecule has 0 atom stereocenters. The Kier molecular flexibility index (Phi) is 3.46. The maximum Gasteiger partial charge on any atom is 0.391 e. The van der Waals surface area contributed by atoms with Gasteiger partial charge in [0.05, 0.1) is 12.7 Å². The van der Waals surface area contributed by atoms with Crippen LogP contribution in [0.5, 0.6) is 0 Å². The number of carbonyl (C=O) groups excluding carboxylic acids is 1. The zero-order valence-corrected chi connectivity index (χ0v) is 11.3. The first-order valence-electron chi connectivity index (χ1n) is 5.98. The molecule has 0 aliphatic carbocycles. The molecule has 98 valence electrons. The highest BCUT2D eigenvalue weighted by Crippen LogP contribution is 2.16. The van der Waals surface area contributed by atoms with E-state index >= 15 is 0 Å². The number of nitrogens with one attached hydrogen (secondary N) is 1. The second-order valence-corrected chi connectivity index (χ2v) is 4.46. The van der Waals surface area contributed by atoms with Crippen molar-refractivity contribution in [3.8, 4) is 0 Å². The van der Waals surface area contributed by atoms with Gasteiger partial charge in [0.2, 0.25) is 5.82 Å². The molecule has 1 aromatic heterocycles. The average molecular weight is 257 g/mol. The first kappa shape index (κ1) is 13.0. The summed E-state index contributed by atoms with van der Waals surface area (Å²) in [6, 6.07) is 9.16. The number of Topliss-reactive ketones (excluding diaryl/α,β-unsaturated/α-hetero) is 1. The van der Waals surface area contributed by atoms with Gasteiger partial charge in [0, 0.05) is 17.3 Å².